The monoisotopic (exact) mass is 240 g/mol. The van der Waals surface area contributed by atoms with E-state index in [0.29, 0.717) is 0 Å². The molecule has 0 radical (unpaired) electrons. The molecule has 1 aromatic rings. The zero-order valence-corrected chi connectivity index (χ0v) is 11.4. The Bertz CT molecular complexity index is 311. The molecule has 0 aromatic carbocycles. The van der Waals surface area contributed by atoms with E-state index in [2.05, 4.69) is 48.3 Å². The van der Waals surface area contributed by atoms with E-state index in [0.717, 1.165) is 44.2 Å². The Morgan fingerprint density at radius 3 is 2.71 bits per heavy atom. The first-order valence-corrected chi connectivity index (χ1v) is 6.10. The lowest BCUT2D eigenvalue weighted by atomic mass is 10.3. The molecule has 0 atom stereocenters. The average Bonchev–Trinajstić information content (AvgIpc) is 2.71. The predicted octanol–water partition coefficient (Wildman–Crippen LogP) is 0.778. The van der Waals surface area contributed by atoms with Crippen LogP contribution in [0.15, 0.2) is 10.6 Å². The van der Waals surface area contributed by atoms with Crippen molar-refractivity contribution in [2.24, 2.45) is 0 Å². The number of nitrogens with one attached hydrogen (secondary N) is 1. The lowest BCUT2D eigenvalue weighted by Gasteiger charge is -2.17. The van der Waals surface area contributed by atoms with Crippen LogP contribution < -0.4 is 5.32 Å². The molecular weight excluding hydrogens is 216 g/mol. The van der Waals surface area contributed by atoms with Crippen molar-refractivity contribution in [3.8, 4) is 0 Å². The van der Waals surface area contributed by atoms with Gasteiger partial charge in [0.2, 0.25) is 0 Å². The normalized spacial score (nSPS) is 11.6. The van der Waals surface area contributed by atoms with Gasteiger partial charge in [0.15, 0.2) is 5.76 Å². The Morgan fingerprint density at radius 2 is 2.06 bits per heavy atom. The zero-order valence-electron chi connectivity index (χ0n) is 11.4. The van der Waals surface area contributed by atoms with Gasteiger partial charge in [-0.25, -0.2) is 0 Å². The summed E-state index contributed by atoms with van der Waals surface area (Å²) in [6, 6.07) is 2.02. The summed E-state index contributed by atoms with van der Waals surface area (Å²) in [6.45, 7) is 6.69. The maximum Gasteiger partial charge on any atom is 0.151 e. The van der Waals surface area contributed by atoms with Crippen molar-refractivity contribution >= 4 is 0 Å². The fourth-order valence-electron chi connectivity index (χ4n) is 1.48. The molecule has 1 heterocycles. The Hall–Kier alpha value is -0.910. The predicted molar refractivity (Wildman–Crippen MR) is 68.8 cm³/mol. The Morgan fingerprint density at radius 1 is 1.29 bits per heavy atom. The van der Waals surface area contributed by atoms with E-state index in [1.165, 1.54) is 0 Å². The maximum atomic E-state index is 5.29. The van der Waals surface area contributed by atoms with Crippen LogP contribution >= 0.6 is 0 Å². The van der Waals surface area contributed by atoms with E-state index in [9.17, 15) is 0 Å². The number of aromatic nitrogens is 1. The highest BCUT2D eigenvalue weighted by molar-refractivity contribution is 5.04. The number of likely N-dealkylation sites (N-methyl/N-ethyl adjacent to an activating group) is 2. The number of hydrogen-bond acceptors (Lipinski definition) is 5. The van der Waals surface area contributed by atoms with Gasteiger partial charge in [-0.2, -0.15) is 0 Å². The quantitative estimate of drug-likeness (QED) is 0.727. The molecule has 5 nitrogen and oxygen atoms in total. The number of rotatable bonds is 8. The fraction of sp³-hybridized carbons (Fsp3) is 0.750. The van der Waals surface area contributed by atoms with E-state index in [4.69, 9.17) is 4.52 Å². The highest BCUT2D eigenvalue weighted by Gasteiger charge is 2.07. The van der Waals surface area contributed by atoms with Gasteiger partial charge < -0.3 is 14.7 Å². The Kier molecular flexibility index (Phi) is 6.18. The minimum Gasteiger partial charge on any atom is -0.360 e. The Labute approximate surface area is 104 Å². The van der Waals surface area contributed by atoms with Crippen molar-refractivity contribution < 1.29 is 4.52 Å². The van der Waals surface area contributed by atoms with E-state index in [1.54, 1.807) is 0 Å². The third-order valence-electron chi connectivity index (χ3n) is 2.52. The molecule has 0 unspecified atom stereocenters. The lowest BCUT2D eigenvalue weighted by Crippen LogP contribution is -2.28. The highest BCUT2D eigenvalue weighted by Crippen LogP contribution is 2.06. The van der Waals surface area contributed by atoms with Gasteiger partial charge >= 0.3 is 0 Å². The third-order valence-corrected chi connectivity index (χ3v) is 2.52. The Balaban J connectivity index is 2.32. The first-order chi connectivity index (χ1) is 8.11. The second-order valence-electron chi connectivity index (χ2n) is 4.61. The van der Waals surface area contributed by atoms with Gasteiger partial charge in [-0.05, 0) is 27.7 Å². The maximum absolute atomic E-state index is 5.29. The molecule has 1 aromatic heterocycles. The van der Waals surface area contributed by atoms with Crippen molar-refractivity contribution in [3.63, 3.8) is 0 Å². The molecule has 0 bridgehead atoms. The van der Waals surface area contributed by atoms with Crippen LogP contribution in [0.4, 0.5) is 0 Å². The van der Waals surface area contributed by atoms with Crippen LogP contribution in [0.3, 0.4) is 0 Å². The van der Waals surface area contributed by atoms with Gasteiger partial charge in [0.25, 0.3) is 0 Å². The van der Waals surface area contributed by atoms with Crippen LogP contribution in [0.25, 0.3) is 0 Å². The SMILES string of the molecule is CCNCc1cc(CN(C)CCN(C)C)on1. The molecule has 17 heavy (non-hydrogen) atoms. The van der Waals surface area contributed by atoms with Gasteiger partial charge in [-0.15, -0.1) is 0 Å². The second-order valence-corrected chi connectivity index (χ2v) is 4.61. The van der Waals surface area contributed by atoms with Crippen LogP contribution in [-0.2, 0) is 13.1 Å². The largest absolute Gasteiger partial charge is 0.360 e. The molecular formula is C12H24N4O. The van der Waals surface area contributed by atoms with Crippen LogP contribution in [0, 0.1) is 0 Å². The number of nitrogens with zero attached hydrogens (tertiary/aromatic N) is 3. The first-order valence-electron chi connectivity index (χ1n) is 6.10. The molecule has 0 aliphatic heterocycles. The zero-order chi connectivity index (χ0) is 12.7. The minimum atomic E-state index is 0.779. The lowest BCUT2D eigenvalue weighted by molar-refractivity contribution is 0.245. The first kappa shape index (κ1) is 14.2. The minimum absolute atomic E-state index is 0.779. The third kappa shape index (κ3) is 5.81. The molecule has 0 amide bonds. The number of hydrogen-bond donors (Lipinski definition) is 1. The molecule has 1 N–H and O–H groups in total. The summed E-state index contributed by atoms with van der Waals surface area (Å²) < 4.78 is 5.29. The molecule has 98 valence electrons. The van der Waals surface area contributed by atoms with Crippen molar-refractivity contribution in [1.29, 1.82) is 0 Å². The van der Waals surface area contributed by atoms with Crippen molar-refractivity contribution in [2.45, 2.75) is 20.0 Å². The molecule has 0 aliphatic rings. The van der Waals surface area contributed by atoms with E-state index >= 15 is 0 Å². The summed E-state index contributed by atoms with van der Waals surface area (Å²) >= 11 is 0. The van der Waals surface area contributed by atoms with Gasteiger partial charge in [-0.3, -0.25) is 4.90 Å². The molecule has 0 saturated heterocycles. The summed E-state index contributed by atoms with van der Waals surface area (Å²) in [5.74, 6) is 0.930. The summed E-state index contributed by atoms with van der Waals surface area (Å²) in [6.07, 6.45) is 0. The fourth-order valence-corrected chi connectivity index (χ4v) is 1.48. The molecule has 0 aliphatic carbocycles. The van der Waals surface area contributed by atoms with Crippen LogP contribution in [0.5, 0.6) is 0 Å². The molecule has 0 spiro atoms. The summed E-state index contributed by atoms with van der Waals surface area (Å²) in [4.78, 5) is 4.41. The van der Waals surface area contributed by atoms with E-state index in [1.807, 2.05) is 6.07 Å². The van der Waals surface area contributed by atoms with Crippen LogP contribution in [0.1, 0.15) is 18.4 Å². The topological polar surface area (TPSA) is 44.5 Å². The van der Waals surface area contributed by atoms with Gasteiger partial charge in [0, 0.05) is 25.7 Å². The summed E-state index contributed by atoms with van der Waals surface area (Å²) in [5.41, 5.74) is 0.975. The molecule has 1 rings (SSSR count). The highest BCUT2D eigenvalue weighted by atomic mass is 16.5. The van der Waals surface area contributed by atoms with Crippen molar-refractivity contribution in [1.82, 2.24) is 20.3 Å². The molecule has 5 heteroatoms. The van der Waals surface area contributed by atoms with Crippen molar-refractivity contribution in [3.05, 3.63) is 17.5 Å². The summed E-state index contributed by atoms with van der Waals surface area (Å²) in [5, 5.41) is 7.26. The molecule has 0 saturated carbocycles. The summed E-state index contributed by atoms with van der Waals surface area (Å²) in [7, 11) is 6.25. The molecule has 0 fully saturated rings. The van der Waals surface area contributed by atoms with Crippen LogP contribution in [0.2, 0.25) is 0 Å². The second kappa shape index (κ2) is 7.42. The van der Waals surface area contributed by atoms with Crippen LogP contribution in [-0.4, -0.2) is 55.7 Å². The van der Waals surface area contributed by atoms with E-state index in [-0.39, 0.29) is 0 Å². The standard InChI is InChI=1S/C12H24N4O/c1-5-13-9-11-8-12(17-14-11)10-16(4)7-6-15(2)3/h8,13H,5-7,9-10H2,1-4H3. The van der Waals surface area contributed by atoms with Crippen molar-refractivity contribution in [2.75, 3.05) is 40.8 Å². The van der Waals surface area contributed by atoms with Gasteiger partial charge in [-0.1, -0.05) is 12.1 Å². The average molecular weight is 240 g/mol. The smallest absolute Gasteiger partial charge is 0.151 e. The van der Waals surface area contributed by atoms with E-state index < -0.39 is 0 Å². The van der Waals surface area contributed by atoms with Gasteiger partial charge in [0.05, 0.1) is 12.2 Å². The van der Waals surface area contributed by atoms with Gasteiger partial charge in [0.1, 0.15) is 0 Å².